The Morgan fingerprint density at radius 2 is 2.04 bits per heavy atom. The Bertz CT molecular complexity index is 568. The number of aliphatic imine (C=N–C) groups is 1. The molecule has 0 fully saturated rings. The van der Waals surface area contributed by atoms with Crippen LogP contribution in [0.15, 0.2) is 23.2 Å². The van der Waals surface area contributed by atoms with E-state index < -0.39 is 0 Å². The SMILES string of the molecule is CCNC(=NCCC(=O)N(C)C)NCCc1ccc(OC)cc1Cl.I. The van der Waals surface area contributed by atoms with E-state index in [9.17, 15) is 4.79 Å². The molecule has 0 bridgehead atoms. The summed E-state index contributed by atoms with van der Waals surface area (Å²) in [5.41, 5.74) is 1.05. The molecule has 0 radical (unpaired) electrons. The maximum atomic E-state index is 11.6. The molecule has 25 heavy (non-hydrogen) atoms. The lowest BCUT2D eigenvalue weighted by molar-refractivity contribution is -0.128. The second-order valence-corrected chi connectivity index (χ2v) is 5.84. The highest BCUT2D eigenvalue weighted by atomic mass is 127. The van der Waals surface area contributed by atoms with Gasteiger partial charge in [0.1, 0.15) is 5.75 Å². The molecule has 8 heteroatoms. The van der Waals surface area contributed by atoms with E-state index in [0.29, 0.717) is 30.5 Å². The predicted octanol–water partition coefficient (Wildman–Crippen LogP) is 2.54. The molecule has 0 aliphatic carbocycles. The summed E-state index contributed by atoms with van der Waals surface area (Å²) >= 11 is 6.24. The number of hydrogen-bond donors (Lipinski definition) is 2. The van der Waals surface area contributed by atoms with Crippen LogP contribution >= 0.6 is 35.6 Å². The minimum Gasteiger partial charge on any atom is -0.497 e. The first-order valence-electron chi connectivity index (χ1n) is 8.02. The maximum Gasteiger partial charge on any atom is 0.223 e. The fourth-order valence-electron chi connectivity index (χ4n) is 2.00. The second kappa shape index (κ2) is 13.0. The Morgan fingerprint density at radius 3 is 2.60 bits per heavy atom. The van der Waals surface area contributed by atoms with E-state index >= 15 is 0 Å². The zero-order chi connectivity index (χ0) is 17.9. The molecule has 0 saturated carbocycles. The van der Waals surface area contributed by atoms with Crippen LogP contribution in [0.5, 0.6) is 5.75 Å². The molecule has 0 saturated heterocycles. The molecular weight excluding hydrogens is 455 g/mol. The standard InChI is InChI=1S/C17H27ClN4O2.HI/c1-5-19-17(21-11-9-16(23)22(2)3)20-10-8-13-6-7-14(24-4)12-15(13)18;/h6-7,12H,5,8-11H2,1-4H3,(H2,19,20,21);1H. The largest absolute Gasteiger partial charge is 0.497 e. The lowest BCUT2D eigenvalue weighted by atomic mass is 10.1. The lowest BCUT2D eigenvalue weighted by Crippen LogP contribution is -2.38. The summed E-state index contributed by atoms with van der Waals surface area (Å²) in [6, 6.07) is 5.67. The molecule has 0 aromatic heterocycles. The number of benzene rings is 1. The summed E-state index contributed by atoms with van der Waals surface area (Å²) in [4.78, 5) is 17.5. The van der Waals surface area contributed by atoms with Gasteiger partial charge in [-0.15, -0.1) is 24.0 Å². The van der Waals surface area contributed by atoms with Crippen molar-refractivity contribution in [2.45, 2.75) is 19.8 Å². The van der Waals surface area contributed by atoms with Crippen molar-refractivity contribution in [1.29, 1.82) is 0 Å². The van der Waals surface area contributed by atoms with E-state index in [1.165, 1.54) is 0 Å². The van der Waals surface area contributed by atoms with Gasteiger partial charge in [-0.05, 0) is 31.0 Å². The number of halogens is 2. The van der Waals surface area contributed by atoms with Crippen molar-refractivity contribution in [1.82, 2.24) is 15.5 Å². The number of guanidine groups is 1. The van der Waals surface area contributed by atoms with Crippen LogP contribution in [0, 0.1) is 0 Å². The highest BCUT2D eigenvalue weighted by Gasteiger charge is 2.05. The average Bonchev–Trinajstić information content (AvgIpc) is 2.55. The summed E-state index contributed by atoms with van der Waals surface area (Å²) in [5, 5.41) is 7.11. The number of nitrogens with one attached hydrogen (secondary N) is 2. The van der Waals surface area contributed by atoms with Crippen LogP contribution < -0.4 is 15.4 Å². The Hall–Kier alpha value is -1.22. The van der Waals surface area contributed by atoms with Crippen LogP contribution in [0.4, 0.5) is 0 Å². The number of nitrogens with zero attached hydrogens (tertiary/aromatic N) is 2. The first-order chi connectivity index (χ1) is 11.5. The number of methoxy groups -OCH3 is 1. The minimum atomic E-state index is 0. The van der Waals surface area contributed by atoms with E-state index in [1.54, 1.807) is 26.1 Å². The molecule has 0 atom stereocenters. The van der Waals surface area contributed by atoms with E-state index in [1.807, 2.05) is 25.1 Å². The number of hydrogen-bond acceptors (Lipinski definition) is 3. The number of rotatable bonds is 8. The van der Waals surface area contributed by atoms with Gasteiger partial charge in [0, 0.05) is 38.6 Å². The molecule has 0 aliphatic heterocycles. The number of carbonyl (C=O) groups is 1. The molecule has 6 nitrogen and oxygen atoms in total. The van der Waals surface area contributed by atoms with Gasteiger partial charge in [-0.1, -0.05) is 17.7 Å². The second-order valence-electron chi connectivity index (χ2n) is 5.43. The van der Waals surface area contributed by atoms with E-state index in [-0.39, 0.29) is 29.9 Å². The summed E-state index contributed by atoms with van der Waals surface area (Å²) in [6.45, 7) is 3.91. The zero-order valence-electron chi connectivity index (χ0n) is 15.3. The zero-order valence-corrected chi connectivity index (χ0v) is 18.4. The summed E-state index contributed by atoms with van der Waals surface area (Å²) in [5.74, 6) is 1.52. The number of carbonyl (C=O) groups excluding carboxylic acids is 1. The Morgan fingerprint density at radius 1 is 1.32 bits per heavy atom. The van der Waals surface area contributed by atoms with Crippen LogP contribution in [-0.4, -0.2) is 57.6 Å². The molecule has 1 rings (SSSR count). The van der Waals surface area contributed by atoms with E-state index in [0.717, 1.165) is 24.3 Å². The van der Waals surface area contributed by atoms with Crippen molar-refractivity contribution < 1.29 is 9.53 Å². The monoisotopic (exact) mass is 482 g/mol. The highest BCUT2D eigenvalue weighted by molar-refractivity contribution is 14.0. The number of amides is 1. The van der Waals surface area contributed by atoms with E-state index in [4.69, 9.17) is 16.3 Å². The summed E-state index contributed by atoms with van der Waals surface area (Å²) in [6.07, 6.45) is 1.16. The molecule has 1 amide bonds. The quantitative estimate of drug-likeness (QED) is 0.340. The fourth-order valence-corrected chi connectivity index (χ4v) is 2.27. The first-order valence-corrected chi connectivity index (χ1v) is 8.40. The van der Waals surface area contributed by atoms with Crippen molar-refractivity contribution >= 4 is 47.4 Å². The van der Waals surface area contributed by atoms with Crippen molar-refractivity contribution in [3.8, 4) is 5.75 Å². The van der Waals surface area contributed by atoms with Gasteiger partial charge in [0.2, 0.25) is 5.91 Å². The van der Waals surface area contributed by atoms with Gasteiger partial charge in [0.15, 0.2) is 5.96 Å². The maximum absolute atomic E-state index is 11.6. The molecule has 0 aliphatic rings. The van der Waals surface area contributed by atoms with Gasteiger partial charge in [0.05, 0.1) is 13.7 Å². The average molecular weight is 483 g/mol. The molecule has 0 spiro atoms. The Balaban J connectivity index is 0.00000576. The molecular formula is C17H28ClIN4O2. The third-order valence-electron chi connectivity index (χ3n) is 3.39. The van der Waals surface area contributed by atoms with Gasteiger partial charge in [-0.25, -0.2) is 0 Å². The van der Waals surface area contributed by atoms with Crippen LogP contribution in [0.3, 0.4) is 0 Å². The molecule has 2 N–H and O–H groups in total. The highest BCUT2D eigenvalue weighted by Crippen LogP contribution is 2.22. The third-order valence-corrected chi connectivity index (χ3v) is 3.74. The smallest absolute Gasteiger partial charge is 0.223 e. The third kappa shape index (κ3) is 9.15. The van der Waals surface area contributed by atoms with Crippen LogP contribution in [-0.2, 0) is 11.2 Å². The summed E-state index contributed by atoms with van der Waals surface area (Å²) in [7, 11) is 5.11. The molecule has 1 aromatic rings. The van der Waals surface area contributed by atoms with Gasteiger partial charge >= 0.3 is 0 Å². The van der Waals surface area contributed by atoms with Gasteiger partial charge in [-0.3, -0.25) is 9.79 Å². The van der Waals surface area contributed by atoms with Gasteiger partial charge in [0.25, 0.3) is 0 Å². The molecule has 1 aromatic carbocycles. The normalized spacial score (nSPS) is 10.7. The topological polar surface area (TPSA) is 66.0 Å². The van der Waals surface area contributed by atoms with Gasteiger partial charge in [-0.2, -0.15) is 0 Å². The fraction of sp³-hybridized carbons (Fsp3) is 0.529. The molecule has 0 heterocycles. The van der Waals surface area contributed by atoms with Gasteiger partial charge < -0.3 is 20.3 Å². The van der Waals surface area contributed by atoms with Crippen molar-refractivity contribution in [2.75, 3.05) is 40.8 Å². The Labute approximate surface area is 172 Å². The van der Waals surface area contributed by atoms with Crippen molar-refractivity contribution in [2.24, 2.45) is 4.99 Å². The first kappa shape index (κ1) is 23.8. The lowest BCUT2D eigenvalue weighted by Gasteiger charge is -2.13. The van der Waals surface area contributed by atoms with E-state index in [2.05, 4.69) is 15.6 Å². The molecule has 142 valence electrons. The van der Waals surface area contributed by atoms with Crippen LogP contribution in [0.25, 0.3) is 0 Å². The Kier molecular flexibility index (Phi) is 12.4. The van der Waals surface area contributed by atoms with Crippen molar-refractivity contribution in [3.05, 3.63) is 28.8 Å². The molecule has 0 unspecified atom stereocenters. The van der Waals surface area contributed by atoms with Crippen LogP contribution in [0.1, 0.15) is 18.9 Å². The van der Waals surface area contributed by atoms with Crippen molar-refractivity contribution in [3.63, 3.8) is 0 Å². The predicted molar refractivity (Wildman–Crippen MR) is 114 cm³/mol. The number of ether oxygens (including phenoxy) is 1. The summed E-state index contributed by atoms with van der Waals surface area (Å²) < 4.78 is 5.14. The minimum absolute atomic E-state index is 0. The van der Waals surface area contributed by atoms with Crippen LogP contribution in [0.2, 0.25) is 5.02 Å².